The molecule has 0 N–H and O–H groups in total. The van der Waals surface area contributed by atoms with Crippen LogP contribution in [0.25, 0.3) is 0 Å². The van der Waals surface area contributed by atoms with Gasteiger partial charge in [-0.2, -0.15) is 0 Å². The zero-order chi connectivity index (χ0) is 13.1. The van der Waals surface area contributed by atoms with Gasteiger partial charge < -0.3 is 4.74 Å². The highest BCUT2D eigenvalue weighted by Gasteiger charge is 2.10. The molecule has 0 aliphatic rings. The fourth-order valence-electron chi connectivity index (χ4n) is 1.43. The minimum Gasteiger partial charge on any atom is -0.484 e. The van der Waals surface area contributed by atoms with E-state index in [0.717, 1.165) is 31.0 Å². The maximum atomic E-state index is 5.81. The Kier molecular flexibility index (Phi) is 5.06. The first-order valence-corrected chi connectivity index (χ1v) is 8.18. The van der Waals surface area contributed by atoms with Crippen LogP contribution in [0.5, 0.6) is 5.75 Å². The van der Waals surface area contributed by atoms with Crippen molar-refractivity contribution in [2.45, 2.75) is 19.4 Å². The molecule has 0 unspecified atom stereocenters. The van der Waals surface area contributed by atoms with E-state index in [1.54, 1.807) is 11.3 Å². The average molecular weight is 412 g/mol. The van der Waals surface area contributed by atoms with Crippen molar-refractivity contribution in [2.75, 3.05) is 0 Å². The molecule has 1 heterocycles. The molecule has 0 bridgehead atoms. The summed E-state index contributed by atoms with van der Waals surface area (Å²) >= 11 is 14.4. The van der Waals surface area contributed by atoms with Crippen molar-refractivity contribution < 1.29 is 4.74 Å². The lowest BCUT2D eigenvalue weighted by Crippen LogP contribution is -1.97. The van der Waals surface area contributed by atoms with Gasteiger partial charge in [-0.05, 0) is 56.5 Å². The SMILES string of the molecule is Cc1csc(COc2c(Br)cc(CCl)cc2Br)n1. The van der Waals surface area contributed by atoms with Crippen LogP contribution >= 0.6 is 54.8 Å². The Balaban J connectivity index is 2.14. The van der Waals surface area contributed by atoms with Gasteiger partial charge in [0.1, 0.15) is 17.4 Å². The maximum absolute atomic E-state index is 5.81. The van der Waals surface area contributed by atoms with E-state index in [-0.39, 0.29) is 0 Å². The quantitative estimate of drug-likeness (QED) is 0.638. The largest absolute Gasteiger partial charge is 0.484 e. The van der Waals surface area contributed by atoms with Crippen molar-refractivity contribution in [3.05, 3.63) is 42.7 Å². The maximum Gasteiger partial charge on any atom is 0.148 e. The molecule has 1 aromatic carbocycles. The summed E-state index contributed by atoms with van der Waals surface area (Å²) in [6.45, 7) is 2.44. The third-order valence-corrected chi connectivity index (χ3v) is 4.65. The Morgan fingerprint density at radius 1 is 1.33 bits per heavy atom. The molecule has 0 spiro atoms. The Morgan fingerprint density at radius 3 is 2.50 bits per heavy atom. The normalized spacial score (nSPS) is 10.7. The summed E-state index contributed by atoms with van der Waals surface area (Å²) in [4.78, 5) is 4.36. The highest BCUT2D eigenvalue weighted by Crippen LogP contribution is 2.35. The van der Waals surface area contributed by atoms with Gasteiger partial charge in [0.25, 0.3) is 0 Å². The van der Waals surface area contributed by atoms with Gasteiger partial charge in [0.2, 0.25) is 0 Å². The summed E-state index contributed by atoms with van der Waals surface area (Å²) in [6, 6.07) is 3.92. The number of alkyl halides is 1. The van der Waals surface area contributed by atoms with E-state index in [9.17, 15) is 0 Å². The van der Waals surface area contributed by atoms with Crippen LogP contribution < -0.4 is 4.74 Å². The molecule has 0 saturated carbocycles. The number of benzene rings is 1. The van der Waals surface area contributed by atoms with Crippen molar-refractivity contribution in [1.82, 2.24) is 4.98 Å². The number of thiazole rings is 1. The topological polar surface area (TPSA) is 22.1 Å². The minimum atomic E-state index is 0.468. The van der Waals surface area contributed by atoms with Crippen LogP contribution in [0, 0.1) is 6.92 Å². The highest BCUT2D eigenvalue weighted by molar-refractivity contribution is 9.11. The lowest BCUT2D eigenvalue weighted by Gasteiger charge is -2.10. The number of hydrogen-bond acceptors (Lipinski definition) is 3. The molecule has 96 valence electrons. The molecule has 0 atom stereocenters. The summed E-state index contributed by atoms with van der Waals surface area (Å²) in [5, 5.41) is 2.98. The smallest absolute Gasteiger partial charge is 0.148 e. The number of rotatable bonds is 4. The van der Waals surface area contributed by atoms with Gasteiger partial charge in [-0.25, -0.2) is 4.98 Å². The van der Waals surface area contributed by atoms with Gasteiger partial charge in [0.15, 0.2) is 0 Å². The monoisotopic (exact) mass is 409 g/mol. The van der Waals surface area contributed by atoms with Crippen molar-refractivity contribution in [3.63, 3.8) is 0 Å². The van der Waals surface area contributed by atoms with Gasteiger partial charge >= 0.3 is 0 Å². The van der Waals surface area contributed by atoms with Gasteiger partial charge in [0, 0.05) is 17.0 Å². The number of halogens is 3. The van der Waals surface area contributed by atoms with E-state index in [1.807, 2.05) is 24.4 Å². The molecule has 0 amide bonds. The number of nitrogens with zero attached hydrogens (tertiary/aromatic N) is 1. The summed E-state index contributed by atoms with van der Waals surface area (Å²) in [5.41, 5.74) is 2.06. The third kappa shape index (κ3) is 3.47. The minimum absolute atomic E-state index is 0.468. The first kappa shape index (κ1) is 14.3. The molecule has 6 heteroatoms. The van der Waals surface area contributed by atoms with Crippen LogP contribution in [0.1, 0.15) is 16.3 Å². The number of aryl methyl sites for hydroxylation is 1. The molecule has 0 fully saturated rings. The van der Waals surface area contributed by atoms with Crippen LogP contribution in [0.3, 0.4) is 0 Å². The van der Waals surface area contributed by atoms with Crippen molar-refractivity contribution in [1.29, 1.82) is 0 Å². The second-order valence-corrected chi connectivity index (χ2v) is 6.61. The molecule has 0 radical (unpaired) electrons. The van der Waals surface area contributed by atoms with Crippen molar-refractivity contribution in [3.8, 4) is 5.75 Å². The average Bonchev–Trinajstić information content (AvgIpc) is 2.73. The van der Waals surface area contributed by atoms with Gasteiger partial charge in [-0.15, -0.1) is 22.9 Å². The zero-order valence-corrected chi connectivity index (χ0v) is 14.3. The molecule has 2 nitrogen and oxygen atoms in total. The predicted octanol–water partition coefficient (Wildman–Crippen LogP) is 5.29. The molecular weight excluding hydrogens is 401 g/mol. The molecule has 0 aliphatic heterocycles. The van der Waals surface area contributed by atoms with E-state index in [0.29, 0.717) is 12.5 Å². The molecule has 1 aromatic heterocycles. The lowest BCUT2D eigenvalue weighted by molar-refractivity contribution is 0.301. The van der Waals surface area contributed by atoms with E-state index in [2.05, 4.69) is 36.8 Å². The molecule has 0 aliphatic carbocycles. The van der Waals surface area contributed by atoms with E-state index >= 15 is 0 Å². The van der Waals surface area contributed by atoms with Gasteiger partial charge in [0.05, 0.1) is 8.95 Å². The van der Waals surface area contributed by atoms with Crippen LogP contribution in [-0.4, -0.2) is 4.98 Å². The summed E-state index contributed by atoms with van der Waals surface area (Å²) in [7, 11) is 0. The van der Waals surface area contributed by atoms with Crippen molar-refractivity contribution >= 4 is 54.8 Å². The second-order valence-electron chi connectivity index (χ2n) is 3.69. The molecule has 0 saturated heterocycles. The fourth-order valence-corrected chi connectivity index (χ4v) is 3.78. The Morgan fingerprint density at radius 2 is 2.00 bits per heavy atom. The summed E-state index contributed by atoms with van der Waals surface area (Å²) < 4.78 is 7.56. The zero-order valence-electron chi connectivity index (χ0n) is 9.54. The van der Waals surface area contributed by atoms with Gasteiger partial charge in [-0.3, -0.25) is 0 Å². The van der Waals surface area contributed by atoms with Crippen LogP contribution in [0.2, 0.25) is 0 Å². The standard InChI is InChI=1S/C12H10Br2ClNOS/c1-7-6-18-11(16-7)5-17-12-9(13)2-8(4-15)3-10(12)14/h2-3,6H,4-5H2,1H3. The molecule has 18 heavy (non-hydrogen) atoms. The highest BCUT2D eigenvalue weighted by atomic mass is 79.9. The summed E-state index contributed by atoms with van der Waals surface area (Å²) in [5.74, 6) is 1.25. The van der Waals surface area contributed by atoms with Crippen molar-refractivity contribution in [2.24, 2.45) is 0 Å². The second kappa shape index (κ2) is 6.37. The lowest BCUT2D eigenvalue weighted by atomic mass is 10.2. The van der Waals surface area contributed by atoms with E-state index in [4.69, 9.17) is 16.3 Å². The number of hydrogen-bond donors (Lipinski definition) is 0. The van der Waals surface area contributed by atoms with Crippen LogP contribution in [-0.2, 0) is 12.5 Å². The first-order chi connectivity index (χ1) is 8.60. The Hall–Kier alpha value is -0.100. The Labute approximate surface area is 132 Å². The summed E-state index contributed by atoms with van der Waals surface area (Å²) in [6.07, 6.45) is 0. The fraction of sp³-hybridized carbons (Fsp3) is 0.250. The Bertz CT molecular complexity index is 536. The van der Waals surface area contributed by atoms with E-state index < -0.39 is 0 Å². The molecular formula is C12H10Br2ClNOS. The van der Waals surface area contributed by atoms with Crippen LogP contribution in [0.4, 0.5) is 0 Å². The first-order valence-electron chi connectivity index (χ1n) is 5.18. The van der Waals surface area contributed by atoms with Crippen LogP contribution in [0.15, 0.2) is 26.5 Å². The third-order valence-electron chi connectivity index (χ3n) is 2.22. The number of aromatic nitrogens is 1. The molecule has 2 aromatic rings. The van der Waals surface area contributed by atoms with Gasteiger partial charge in [-0.1, -0.05) is 0 Å². The predicted molar refractivity (Wildman–Crippen MR) is 82.6 cm³/mol. The number of ether oxygens (including phenoxy) is 1. The molecule has 2 rings (SSSR count). The van der Waals surface area contributed by atoms with E-state index in [1.165, 1.54) is 0 Å².